The smallest absolute Gasteiger partial charge is 0.165 e. The maximum absolute atomic E-state index is 13.7. The van der Waals surface area contributed by atoms with Crippen LogP contribution in [0.15, 0.2) is 18.2 Å². The van der Waals surface area contributed by atoms with Gasteiger partial charge in [0.25, 0.3) is 0 Å². The highest BCUT2D eigenvalue weighted by molar-refractivity contribution is 5.85. The predicted octanol–water partition coefficient (Wildman–Crippen LogP) is 2.19. The van der Waals surface area contributed by atoms with Crippen molar-refractivity contribution in [2.75, 3.05) is 27.3 Å². The van der Waals surface area contributed by atoms with Gasteiger partial charge in [-0.05, 0) is 30.5 Å². The fourth-order valence-electron chi connectivity index (χ4n) is 2.77. The van der Waals surface area contributed by atoms with Crippen LogP contribution >= 0.6 is 12.4 Å². The lowest BCUT2D eigenvalue weighted by Gasteiger charge is -2.38. The molecule has 0 amide bonds. The fraction of sp³-hybridized carbons (Fsp3) is 0.600. The zero-order valence-electron chi connectivity index (χ0n) is 12.5. The standard InChI is InChI=1S/C15H23FN2O2.ClH/c1-19-13-5-6-18(12(8-13)9-17)10-11-3-4-15(20-2)14(16)7-11;/h3-4,7,12-13H,5-6,8-10,17H2,1-2H3;1H. The molecule has 1 aliphatic rings. The maximum Gasteiger partial charge on any atom is 0.165 e. The molecule has 0 saturated carbocycles. The monoisotopic (exact) mass is 318 g/mol. The van der Waals surface area contributed by atoms with Crippen LogP contribution < -0.4 is 10.5 Å². The quantitative estimate of drug-likeness (QED) is 0.904. The molecule has 0 aliphatic carbocycles. The molecule has 1 heterocycles. The van der Waals surface area contributed by atoms with Crippen molar-refractivity contribution in [1.29, 1.82) is 0 Å². The van der Waals surface area contributed by atoms with Gasteiger partial charge in [0.15, 0.2) is 11.6 Å². The first-order valence-electron chi connectivity index (χ1n) is 6.97. The van der Waals surface area contributed by atoms with E-state index in [0.29, 0.717) is 19.1 Å². The van der Waals surface area contributed by atoms with Gasteiger partial charge in [-0.25, -0.2) is 4.39 Å². The summed E-state index contributed by atoms with van der Waals surface area (Å²) in [6.07, 6.45) is 2.21. The molecular formula is C15H24ClFN2O2. The van der Waals surface area contributed by atoms with Gasteiger partial charge in [0.05, 0.1) is 13.2 Å². The number of likely N-dealkylation sites (tertiary alicyclic amines) is 1. The fourth-order valence-corrected chi connectivity index (χ4v) is 2.77. The van der Waals surface area contributed by atoms with E-state index in [4.69, 9.17) is 15.2 Å². The maximum atomic E-state index is 13.7. The molecule has 0 bridgehead atoms. The van der Waals surface area contributed by atoms with Crippen molar-refractivity contribution < 1.29 is 13.9 Å². The molecule has 2 atom stereocenters. The van der Waals surface area contributed by atoms with E-state index >= 15 is 0 Å². The molecule has 1 saturated heterocycles. The Labute approximate surface area is 131 Å². The Hall–Kier alpha value is -0.880. The second-order valence-electron chi connectivity index (χ2n) is 5.21. The number of nitrogens with two attached hydrogens (primary N) is 1. The normalized spacial score (nSPS) is 22.7. The molecule has 1 aromatic carbocycles. The van der Waals surface area contributed by atoms with Crippen molar-refractivity contribution in [3.8, 4) is 5.75 Å². The van der Waals surface area contributed by atoms with Gasteiger partial charge in [-0.15, -0.1) is 12.4 Å². The van der Waals surface area contributed by atoms with Crippen molar-refractivity contribution in [2.45, 2.75) is 31.5 Å². The number of hydrogen-bond donors (Lipinski definition) is 1. The van der Waals surface area contributed by atoms with Gasteiger partial charge in [0.2, 0.25) is 0 Å². The molecule has 0 radical (unpaired) electrons. The van der Waals surface area contributed by atoms with Crippen LogP contribution in [0.4, 0.5) is 4.39 Å². The minimum Gasteiger partial charge on any atom is -0.494 e. The van der Waals surface area contributed by atoms with Crippen LogP contribution in [-0.4, -0.2) is 44.4 Å². The van der Waals surface area contributed by atoms with E-state index in [-0.39, 0.29) is 30.1 Å². The molecule has 1 fully saturated rings. The van der Waals surface area contributed by atoms with E-state index < -0.39 is 0 Å². The third-order valence-electron chi connectivity index (χ3n) is 4.00. The third-order valence-corrected chi connectivity index (χ3v) is 4.00. The number of nitrogens with zero attached hydrogens (tertiary/aromatic N) is 1. The summed E-state index contributed by atoms with van der Waals surface area (Å²) >= 11 is 0. The molecule has 4 nitrogen and oxygen atoms in total. The molecule has 2 N–H and O–H groups in total. The largest absolute Gasteiger partial charge is 0.494 e. The van der Waals surface area contributed by atoms with Crippen molar-refractivity contribution >= 4 is 12.4 Å². The molecular weight excluding hydrogens is 295 g/mol. The topological polar surface area (TPSA) is 47.7 Å². The molecule has 6 heteroatoms. The Morgan fingerprint density at radius 3 is 2.71 bits per heavy atom. The summed E-state index contributed by atoms with van der Waals surface area (Å²) in [5.41, 5.74) is 6.79. The van der Waals surface area contributed by atoms with Crippen LogP contribution in [-0.2, 0) is 11.3 Å². The first kappa shape index (κ1) is 18.2. The van der Waals surface area contributed by atoms with E-state index in [1.165, 1.54) is 13.2 Å². The van der Waals surface area contributed by atoms with Crippen LogP contribution in [0.2, 0.25) is 0 Å². The summed E-state index contributed by atoms with van der Waals surface area (Å²) in [6.45, 7) is 2.23. The first-order valence-corrected chi connectivity index (χ1v) is 6.97. The predicted molar refractivity (Wildman–Crippen MR) is 83.5 cm³/mol. The van der Waals surface area contributed by atoms with E-state index in [2.05, 4.69) is 4.90 Å². The number of rotatable bonds is 5. The zero-order chi connectivity index (χ0) is 14.5. The summed E-state index contributed by atoms with van der Waals surface area (Å²) in [5, 5.41) is 0. The van der Waals surface area contributed by atoms with Gasteiger partial charge in [0.1, 0.15) is 0 Å². The molecule has 120 valence electrons. The Morgan fingerprint density at radius 1 is 1.38 bits per heavy atom. The van der Waals surface area contributed by atoms with Gasteiger partial charge in [-0.3, -0.25) is 4.90 Å². The van der Waals surface area contributed by atoms with E-state index in [1.807, 2.05) is 6.07 Å². The van der Waals surface area contributed by atoms with Gasteiger partial charge < -0.3 is 15.2 Å². The minimum absolute atomic E-state index is 0. The summed E-state index contributed by atoms with van der Waals surface area (Å²) in [4.78, 5) is 2.30. The Kier molecular flexibility index (Phi) is 7.39. The molecule has 2 rings (SSSR count). The lowest BCUT2D eigenvalue weighted by atomic mass is 9.98. The first-order chi connectivity index (χ1) is 9.67. The summed E-state index contributed by atoms with van der Waals surface area (Å²) < 4.78 is 24.1. The van der Waals surface area contributed by atoms with Crippen LogP contribution in [0.3, 0.4) is 0 Å². The van der Waals surface area contributed by atoms with Crippen molar-refractivity contribution in [1.82, 2.24) is 4.90 Å². The zero-order valence-corrected chi connectivity index (χ0v) is 13.4. The second-order valence-corrected chi connectivity index (χ2v) is 5.21. The average molecular weight is 319 g/mol. The van der Waals surface area contributed by atoms with Gasteiger partial charge in [-0.2, -0.15) is 0 Å². The van der Waals surface area contributed by atoms with Crippen LogP contribution in [0.25, 0.3) is 0 Å². The molecule has 0 aromatic heterocycles. The van der Waals surface area contributed by atoms with Crippen molar-refractivity contribution in [3.63, 3.8) is 0 Å². The Bertz CT molecular complexity index is 448. The molecule has 2 unspecified atom stereocenters. The lowest BCUT2D eigenvalue weighted by Crippen LogP contribution is -2.47. The van der Waals surface area contributed by atoms with Crippen LogP contribution in [0, 0.1) is 5.82 Å². The Morgan fingerprint density at radius 2 is 2.14 bits per heavy atom. The number of piperidine rings is 1. The number of ether oxygens (including phenoxy) is 2. The highest BCUT2D eigenvalue weighted by atomic mass is 35.5. The number of methoxy groups -OCH3 is 2. The van der Waals surface area contributed by atoms with Crippen LogP contribution in [0.1, 0.15) is 18.4 Å². The van der Waals surface area contributed by atoms with E-state index in [0.717, 1.165) is 24.9 Å². The molecule has 1 aromatic rings. The lowest BCUT2D eigenvalue weighted by molar-refractivity contribution is 0.0102. The highest BCUT2D eigenvalue weighted by Crippen LogP contribution is 2.23. The summed E-state index contributed by atoms with van der Waals surface area (Å²) in [6, 6.07) is 5.40. The molecule has 1 aliphatic heterocycles. The minimum atomic E-state index is -0.318. The molecule has 21 heavy (non-hydrogen) atoms. The Balaban J connectivity index is 0.00000220. The van der Waals surface area contributed by atoms with Gasteiger partial charge in [-0.1, -0.05) is 6.07 Å². The van der Waals surface area contributed by atoms with E-state index in [9.17, 15) is 4.39 Å². The number of halogens is 2. The van der Waals surface area contributed by atoms with E-state index in [1.54, 1.807) is 13.2 Å². The van der Waals surface area contributed by atoms with Crippen molar-refractivity contribution in [3.05, 3.63) is 29.6 Å². The third kappa shape index (κ3) is 4.54. The van der Waals surface area contributed by atoms with Gasteiger partial charge in [0, 0.05) is 32.8 Å². The SMILES string of the molecule is COc1ccc(CN2CCC(OC)CC2CN)cc1F.Cl. The summed E-state index contributed by atoms with van der Waals surface area (Å²) in [7, 11) is 3.21. The number of benzene rings is 1. The highest BCUT2D eigenvalue weighted by Gasteiger charge is 2.27. The van der Waals surface area contributed by atoms with Crippen LogP contribution in [0.5, 0.6) is 5.75 Å². The molecule has 0 spiro atoms. The second kappa shape index (κ2) is 8.54. The van der Waals surface area contributed by atoms with Gasteiger partial charge >= 0.3 is 0 Å². The summed E-state index contributed by atoms with van der Waals surface area (Å²) in [5.74, 6) is -0.0386. The van der Waals surface area contributed by atoms with Crippen molar-refractivity contribution in [2.24, 2.45) is 5.73 Å². The number of hydrogen-bond acceptors (Lipinski definition) is 4. The average Bonchev–Trinajstić information content (AvgIpc) is 2.48.